The predicted octanol–water partition coefficient (Wildman–Crippen LogP) is -1.17. The van der Waals surface area contributed by atoms with E-state index < -0.39 is 58.0 Å². The van der Waals surface area contributed by atoms with Crippen LogP contribution in [0.15, 0.2) is 34.9 Å². The quantitative estimate of drug-likeness (QED) is 0.193. The van der Waals surface area contributed by atoms with Crippen LogP contribution in [0.1, 0.15) is 24.3 Å². The first-order chi connectivity index (χ1) is 20.3. The van der Waals surface area contributed by atoms with Gasteiger partial charge in [-0.15, -0.1) is 0 Å². The molecular formula is C24H28N8O10S. The Labute approximate surface area is 244 Å². The summed E-state index contributed by atoms with van der Waals surface area (Å²) in [6.07, 6.45) is 0. The van der Waals surface area contributed by atoms with E-state index in [9.17, 15) is 37.2 Å². The number of nitrogens with one attached hydrogen (secondary N) is 4. The molecule has 43 heavy (non-hydrogen) atoms. The van der Waals surface area contributed by atoms with Crippen molar-refractivity contribution in [2.45, 2.75) is 25.9 Å². The van der Waals surface area contributed by atoms with E-state index in [0.717, 1.165) is 0 Å². The van der Waals surface area contributed by atoms with Crippen molar-refractivity contribution in [3.63, 3.8) is 0 Å². The number of amides is 8. The van der Waals surface area contributed by atoms with Crippen LogP contribution in [0, 0.1) is 6.92 Å². The molecule has 4 rings (SSSR count). The molecule has 0 bridgehead atoms. The van der Waals surface area contributed by atoms with E-state index >= 15 is 0 Å². The minimum absolute atomic E-state index is 0.0968. The molecule has 19 heteroatoms. The Morgan fingerprint density at radius 3 is 2.35 bits per heavy atom. The maximum Gasteiger partial charge on any atom is 0.339 e. The molecule has 1 unspecified atom stereocenters. The average molecular weight is 621 g/mol. The van der Waals surface area contributed by atoms with Crippen LogP contribution >= 0.6 is 0 Å². The Hall–Kier alpha value is -5.20. The zero-order valence-electron chi connectivity index (χ0n) is 23.1. The number of aryl methyl sites for hydroxylation is 1. The number of aromatic nitrogens is 1. The van der Waals surface area contributed by atoms with E-state index in [2.05, 4.69) is 15.8 Å². The van der Waals surface area contributed by atoms with Gasteiger partial charge in [0.2, 0.25) is 5.91 Å². The van der Waals surface area contributed by atoms with Crippen molar-refractivity contribution in [1.82, 2.24) is 35.2 Å². The highest BCUT2D eigenvalue weighted by Crippen LogP contribution is 2.21. The van der Waals surface area contributed by atoms with Gasteiger partial charge in [-0.05, 0) is 31.5 Å². The Kier molecular flexibility index (Phi) is 8.83. The van der Waals surface area contributed by atoms with Gasteiger partial charge >= 0.3 is 34.1 Å². The van der Waals surface area contributed by atoms with Crippen LogP contribution < -0.4 is 24.8 Å². The van der Waals surface area contributed by atoms with Crippen LogP contribution in [-0.4, -0.2) is 103 Å². The van der Waals surface area contributed by atoms with Gasteiger partial charge in [0.25, 0.3) is 5.91 Å². The van der Waals surface area contributed by atoms with Gasteiger partial charge in [-0.1, -0.05) is 17.3 Å². The molecule has 1 aromatic carbocycles. The second kappa shape index (κ2) is 12.3. The molecule has 2 saturated heterocycles. The first-order valence-corrected chi connectivity index (χ1v) is 14.3. The summed E-state index contributed by atoms with van der Waals surface area (Å²) >= 11 is 0. The van der Waals surface area contributed by atoms with Crippen LogP contribution in [0.5, 0.6) is 5.75 Å². The van der Waals surface area contributed by atoms with Gasteiger partial charge in [-0.2, -0.15) is 8.42 Å². The first kappa shape index (κ1) is 30.8. The average Bonchev–Trinajstić information content (AvgIpc) is 3.37. The number of imide groups is 2. The largest absolute Gasteiger partial charge is 0.497 e. The van der Waals surface area contributed by atoms with Crippen molar-refractivity contribution in [3.05, 3.63) is 41.7 Å². The van der Waals surface area contributed by atoms with Crippen molar-refractivity contribution >= 4 is 51.7 Å². The fourth-order valence-corrected chi connectivity index (χ4v) is 4.95. The number of carbonyl (C=O) groups is 6. The van der Waals surface area contributed by atoms with E-state index in [0.29, 0.717) is 21.3 Å². The van der Waals surface area contributed by atoms with E-state index in [-0.39, 0.29) is 37.6 Å². The Morgan fingerprint density at radius 2 is 1.77 bits per heavy atom. The SMILES string of the molecule is CCN1CCN(C(=O)NC(C(=O)N[C@H]2CN(C(=O)NS(=O)(=O)Nc3cc(C)on3)C2=O)c2ccc(OC)cc2)C(=O)C1=O. The van der Waals surface area contributed by atoms with E-state index in [1.165, 1.54) is 49.3 Å². The van der Waals surface area contributed by atoms with Gasteiger partial charge in [0.05, 0.1) is 13.7 Å². The van der Waals surface area contributed by atoms with Gasteiger partial charge in [-0.3, -0.25) is 29.0 Å². The zero-order chi connectivity index (χ0) is 31.5. The topological polar surface area (TPSA) is 230 Å². The molecule has 2 aliphatic rings. The molecule has 0 aliphatic carbocycles. The molecule has 18 nitrogen and oxygen atoms in total. The summed E-state index contributed by atoms with van der Waals surface area (Å²) in [6, 6.07) is 2.30. The number of rotatable bonds is 9. The number of benzene rings is 1. The van der Waals surface area contributed by atoms with Gasteiger partial charge in [0, 0.05) is 25.7 Å². The lowest BCUT2D eigenvalue weighted by Crippen LogP contribution is -2.68. The number of piperazine rings is 1. The lowest BCUT2D eigenvalue weighted by molar-refractivity contribution is -0.153. The standard InChI is InChI=1S/C24H28N8O10S/c1-4-30-9-10-31(22(36)21(30)35)23(37)26-18(14-5-7-15(41-3)8-6-14)19(33)25-16-12-32(20(16)34)24(38)29-43(39,40)28-17-11-13(2)42-27-17/h5-8,11,16,18H,4,9-10,12H2,1-3H3,(H,25,33)(H,26,37)(H,27,28)(H,29,38)/t16-,18?/m0/s1. The molecule has 4 N–H and O–H groups in total. The minimum Gasteiger partial charge on any atom is -0.497 e. The fourth-order valence-electron chi connectivity index (χ4n) is 4.19. The lowest BCUT2D eigenvalue weighted by Gasteiger charge is -2.37. The van der Waals surface area contributed by atoms with Crippen molar-refractivity contribution in [2.75, 3.05) is 38.0 Å². The molecule has 2 aliphatic heterocycles. The van der Waals surface area contributed by atoms with Crippen LogP contribution in [0.2, 0.25) is 0 Å². The van der Waals surface area contributed by atoms with Crippen LogP contribution in [0.3, 0.4) is 0 Å². The minimum atomic E-state index is -4.47. The molecule has 0 saturated carbocycles. The van der Waals surface area contributed by atoms with Crippen molar-refractivity contribution in [3.8, 4) is 5.75 Å². The second-order valence-corrected chi connectivity index (χ2v) is 10.8. The van der Waals surface area contributed by atoms with E-state index in [4.69, 9.17) is 9.26 Å². The Bertz CT molecular complexity index is 1560. The van der Waals surface area contributed by atoms with Crippen LogP contribution in [0.4, 0.5) is 15.4 Å². The van der Waals surface area contributed by atoms with Crippen LogP contribution in [0.25, 0.3) is 0 Å². The summed E-state index contributed by atoms with van der Waals surface area (Å²) in [4.78, 5) is 78.6. The van der Waals surface area contributed by atoms with Gasteiger partial charge in [0.1, 0.15) is 23.6 Å². The highest BCUT2D eigenvalue weighted by Gasteiger charge is 2.44. The lowest BCUT2D eigenvalue weighted by atomic mass is 10.0. The second-order valence-electron chi connectivity index (χ2n) is 9.34. The number of likely N-dealkylation sites (tertiary alicyclic amines) is 1. The molecule has 8 amide bonds. The Balaban J connectivity index is 1.41. The number of ether oxygens (including phenoxy) is 1. The van der Waals surface area contributed by atoms with Gasteiger partial charge < -0.3 is 24.8 Å². The summed E-state index contributed by atoms with van der Waals surface area (Å²) < 4.78 is 37.9. The molecule has 3 heterocycles. The number of β-lactam (4-membered cyclic amide) rings is 1. The summed E-state index contributed by atoms with van der Waals surface area (Å²) in [5, 5.41) is 8.27. The third-order valence-corrected chi connectivity index (χ3v) is 7.42. The first-order valence-electron chi connectivity index (χ1n) is 12.8. The molecular weight excluding hydrogens is 592 g/mol. The fraction of sp³-hybridized carbons (Fsp3) is 0.375. The molecule has 0 radical (unpaired) electrons. The predicted molar refractivity (Wildman–Crippen MR) is 144 cm³/mol. The number of hydrogen-bond acceptors (Lipinski definition) is 11. The van der Waals surface area contributed by atoms with Crippen molar-refractivity contribution < 1.29 is 46.4 Å². The molecule has 2 atom stereocenters. The van der Waals surface area contributed by atoms with Gasteiger partial charge in [-0.25, -0.2) is 19.0 Å². The maximum atomic E-state index is 13.3. The third kappa shape index (κ3) is 6.83. The van der Waals surface area contributed by atoms with E-state index in [1.54, 1.807) is 11.6 Å². The summed E-state index contributed by atoms with van der Waals surface area (Å²) in [5.74, 6) is -3.15. The molecule has 1 aromatic heterocycles. The number of likely N-dealkylation sites (N-methyl/N-ethyl adjacent to an activating group) is 1. The molecule has 2 fully saturated rings. The molecule has 2 aromatic rings. The number of hydrogen-bond donors (Lipinski definition) is 4. The monoisotopic (exact) mass is 620 g/mol. The highest BCUT2D eigenvalue weighted by molar-refractivity contribution is 7.91. The summed E-state index contributed by atoms with van der Waals surface area (Å²) in [5.41, 5.74) is 0.249. The zero-order valence-corrected chi connectivity index (χ0v) is 24.0. The molecule has 230 valence electrons. The summed E-state index contributed by atoms with van der Waals surface area (Å²) in [6.45, 7) is 3.13. The number of methoxy groups -OCH3 is 1. The highest BCUT2D eigenvalue weighted by atomic mass is 32.2. The maximum absolute atomic E-state index is 13.3. The van der Waals surface area contributed by atoms with Crippen molar-refractivity contribution in [2.24, 2.45) is 0 Å². The summed E-state index contributed by atoms with van der Waals surface area (Å²) in [7, 11) is -3.04. The number of nitrogens with zero attached hydrogens (tertiary/aromatic N) is 4. The Morgan fingerprint density at radius 1 is 1.07 bits per heavy atom. The normalized spacial score (nSPS) is 17.6. The number of anilines is 1. The van der Waals surface area contributed by atoms with Crippen molar-refractivity contribution in [1.29, 1.82) is 0 Å². The van der Waals surface area contributed by atoms with Crippen LogP contribution in [-0.2, 0) is 29.4 Å². The third-order valence-electron chi connectivity index (χ3n) is 6.49. The van der Waals surface area contributed by atoms with E-state index in [1.807, 2.05) is 4.72 Å². The van der Waals surface area contributed by atoms with Gasteiger partial charge in [0.15, 0.2) is 5.82 Å². The smallest absolute Gasteiger partial charge is 0.339 e. The molecule has 0 spiro atoms. The number of urea groups is 2. The number of carbonyl (C=O) groups excluding carboxylic acids is 6.